The topological polar surface area (TPSA) is 75.4 Å². The first-order valence-corrected chi connectivity index (χ1v) is 5.74. The number of carbonyl (C=O) groups excluding carboxylic acids is 1. The van der Waals surface area contributed by atoms with Crippen molar-refractivity contribution in [3.05, 3.63) is 17.5 Å². The minimum absolute atomic E-state index is 0.0746. The van der Waals surface area contributed by atoms with Gasteiger partial charge in [-0.05, 0) is 19.8 Å². The summed E-state index contributed by atoms with van der Waals surface area (Å²) >= 11 is 0. The van der Waals surface area contributed by atoms with Crippen molar-refractivity contribution in [2.24, 2.45) is 0 Å². The summed E-state index contributed by atoms with van der Waals surface area (Å²) in [6.07, 6.45) is 2.02. The van der Waals surface area contributed by atoms with Crippen molar-refractivity contribution in [3.8, 4) is 0 Å². The van der Waals surface area contributed by atoms with E-state index in [0.29, 0.717) is 12.2 Å². The number of aromatic nitrogens is 2. The van der Waals surface area contributed by atoms with Gasteiger partial charge in [0.05, 0.1) is 0 Å². The van der Waals surface area contributed by atoms with Crippen LogP contribution in [0.3, 0.4) is 0 Å². The third-order valence-corrected chi connectivity index (χ3v) is 2.91. The average Bonchev–Trinajstić information content (AvgIpc) is 2.97. The van der Waals surface area contributed by atoms with E-state index in [0.717, 1.165) is 25.9 Å². The number of hydrogen-bond acceptors (Lipinski definition) is 3. The fourth-order valence-corrected chi connectivity index (χ4v) is 2.02. The zero-order valence-corrected chi connectivity index (χ0v) is 9.72. The first kappa shape index (κ1) is 11.6. The third kappa shape index (κ3) is 2.15. The van der Waals surface area contributed by atoms with Gasteiger partial charge in [-0.25, -0.2) is 4.79 Å². The summed E-state index contributed by atoms with van der Waals surface area (Å²) in [5.41, 5.74) is 0.293. The summed E-state index contributed by atoms with van der Waals surface area (Å²) in [4.78, 5) is 24.7. The van der Waals surface area contributed by atoms with Gasteiger partial charge in [0.25, 0.3) is 5.91 Å². The van der Waals surface area contributed by atoms with E-state index in [1.165, 1.54) is 10.7 Å². The normalized spacial score (nSPS) is 15.2. The van der Waals surface area contributed by atoms with Crippen LogP contribution in [0.25, 0.3) is 0 Å². The molecule has 92 valence electrons. The van der Waals surface area contributed by atoms with Gasteiger partial charge >= 0.3 is 5.97 Å². The Labute approximate surface area is 98.8 Å². The fraction of sp³-hybridized carbons (Fsp3) is 0.545. The Balaban J connectivity index is 2.29. The largest absolute Gasteiger partial charge is 0.476 e. The van der Waals surface area contributed by atoms with Crippen LogP contribution in [0, 0.1) is 0 Å². The van der Waals surface area contributed by atoms with Gasteiger partial charge in [-0.15, -0.1) is 0 Å². The van der Waals surface area contributed by atoms with Crippen LogP contribution in [-0.4, -0.2) is 44.8 Å². The van der Waals surface area contributed by atoms with E-state index in [4.69, 9.17) is 5.11 Å². The maximum atomic E-state index is 12.1. The fourth-order valence-electron chi connectivity index (χ4n) is 2.02. The van der Waals surface area contributed by atoms with E-state index in [1.54, 1.807) is 4.90 Å². The van der Waals surface area contributed by atoms with Crippen molar-refractivity contribution >= 4 is 11.9 Å². The van der Waals surface area contributed by atoms with Gasteiger partial charge in [-0.2, -0.15) is 5.10 Å². The number of likely N-dealkylation sites (tertiary alicyclic amines) is 1. The van der Waals surface area contributed by atoms with E-state index < -0.39 is 5.97 Å². The highest BCUT2D eigenvalue weighted by molar-refractivity contribution is 5.95. The average molecular weight is 237 g/mol. The molecular formula is C11H15N3O3. The van der Waals surface area contributed by atoms with Gasteiger partial charge < -0.3 is 10.0 Å². The summed E-state index contributed by atoms with van der Waals surface area (Å²) < 4.78 is 1.45. The lowest BCUT2D eigenvalue weighted by Gasteiger charge is -2.15. The lowest BCUT2D eigenvalue weighted by Crippen LogP contribution is -2.29. The molecule has 1 aliphatic rings. The Kier molecular flexibility index (Phi) is 3.12. The zero-order valence-electron chi connectivity index (χ0n) is 9.72. The molecule has 6 heteroatoms. The van der Waals surface area contributed by atoms with Gasteiger partial charge in [0, 0.05) is 25.7 Å². The van der Waals surface area contributed by atoms with Crippen LogP contribution < -0.4 is 0 Å². The molecule has 6 nitrogen and oxygen atoms in total. The van der Waals surface area contributed by atoms with Gasteiger partial charge in [0.15, 0.2) is 5.69 Å². The second-order valence-corrected chi connectivity index (χ2v) is 4.04. The molecule has 1 N–H and O–H groups in total. The Hall–Kier alpha value is -1.85. The molecule has 1 saturated heterocycles. The molecule has 17 heavy (non-hydrogen) atoms. The van der Waals surface area contributed by atoms with Crippen LogP contribution in [0.5, 0.6) is 0 Å². The van der Waals surface area contributed by atoms with Crippen LogP contribution in [0.4, 0.5) is 0 Å². The molecule has 1 amide bonds. The molecule has 1 aromatic heterocycles. The number of rotatable bonds is 3. The Morgan fingerprint density at radius 1 is 1.41 bits per heavy atom. The molecule has 1 aliphatic heterocycles. The second-order valence-electron chi connectivity index (χ2n) is 4.04. The Morgan fingerprint density at radius 3 is 2.59 bits per heavy atom. The first-order valence-electron chi connectivity index (χ1n) is 5.74. The molecule has 0 spiro atoms. The number of hydrogen-bond donors (Lipinski definition) is 1. The summed E-state index contributed by atoms with van der Waals surface area (Å²) in [5.74, 6) is -1.22. The number of amides is 1. The van der Waals surface area contributed by atoms with E-state index in [-0.39, 0.29) is 11.6 Å². The third-order valence-electron chi connectivity index (χ3n) is 2.91. The molecular weight excluding hydrogens is 222 g/mol. The second kappa shape index (κ2) is 4.57. The highest BCUT2D eigenvalue weighted by Crippen LogP contribution is 2.14. The molecule has 0 bridgehead atoms. The molecule has 0 saturated carbocycles. The predicted molar refractivity (Wildman–Crippen MR) is 60.0 cm³/mol. The van der Waals surface area contributed by atoms with Crippen LogP contribution in [0.2, 0.25) is 0 Å². The summed E-state index contributed by atoms with van der Waals surface area (Å²) in [5, 5.41) is 12.8. The van der Waals surface area contributed by atoms with Crippen molar-refractivity contribution in [1.82, 2.24) is 14.7 Å². The standard InChI is InChI=1S/C11H15N3O3/c1-2-14-9(7-8(12-14)11(16)17)10(15)13-5-3-4-6-13/h7H,2-6H2,1H3,(H,16,17). The molecule has 0 atom stereocenters. The van der Waals surface area contributed by atoms with E-state index in [2.05, 4.69) is 5.10 Å². The highest BCUT2D eigenvalue weighted by atomic mass is 16.4. The van der Waals surface area contributed by atoms with Crippen molar-refractivity contribution < 1.29 is 14.7 Å². The van der Waals surface area contributed by atoms with Crippen LogP contribution in [-0.2, 0) is 6.54 Å². The summed E-state index contributed by atoms with van der Waals surface area (Å²) in [7, 11) is 0. The molecule has 1 fully saturated rings. The van der Waals surface area contributed by atoms with Gasteiger partial charge in [0.1, 0.15) is 5.69 Å². The van der Waals surface area contributed by atoms with Crippen molar-refractivity contribution in [3.63, 3.8) is 0 Å². The molecule has 0 aromatic carbocycles. The highest BCUT2D eigenvalue weighted by Gasteiger charge is 2.24. The van der Waals surface area contributed by atoms with Crippen LogP contribution in [0.15, 0.2) is 6.07 Å². The number of aryl methyl sites for hydroxylation is 1. The maximum Gasteiger partial charge on any atom is 0.356 e. The van der Waals surface area contributed by atoms with Gasteiger partial charge in [-0.3, -0.25) is 9.48 Å². The quantitative estimate of drug-likeness (QED) is 0.845. The van der Waals surface area contributed by atoms with E-state index in [1.807, 2.05) is 6.92 Å². The predicted octanol–water partition coefficient (Wildman–Crippen LogP) is 0.837. The number of aromatic carboxylic acids is 1. The number of carboxylic acid groups (broad SMARTS) is 1. The number of nitrogens with zero attached hydrogens (tertiary/aromatic N) is 3. The summed E-state index contributed by atoms with van der Waals surface area (Å²) in [6, 6.07) is 1.35. The zero-order chi connectivity index (χ0) is 12.4. The van der Waals surface area contributed by atoms with Crippen molar-refractivity contribution in [1.29, 1.82) is 0 Å². The Morgan fingerprint density at radius 2 is 2.06 bits per heavy atom. The lowest BCUT2D eigenvalue weighted by molar-refractivity contribution is 0.0688. The minimum Gasteiger partial charge on any atom is -0.476 e. The number of carboxylic acids is 1. The molecule has 0 unspecified atom stereocenters. The van der Waals surface area contributed by atoms with E-state index in [9.17, 15) is 9.59 Å². The van der Waals surface area contributed by atoms with Crippen molar-refractivity contribution in [2.75, 3.05) is 13.1 Å². The first-order chi connectivity index (χ1) is 8.13. The molecule has 1 aromatic rings. The monoisotopic (exact) mass is 237 g/mol. The van der Waals surface area contributed by atoms with Gasteiger partial charge in [0.2, 0.25) is 0 Å². The van der Waals surface area contributed by atoms with E-state index >= 15 is 0 Å². The van der Waals surface area contributed by atoms with Gasteiger partial charge in [-0.1, -0.05) is 0 Å². The Bertz CT molecular complexity index is 447. The molecule has 2 heterocycles. The van der Waals surface area contributed by atoms with Crippen molar-refractivity contribution in [2.45, 2.75) is 26.3 Å². The smallest absolute Gasteiger partial charge is 0.356 e. The minimum atomic E-state index is -1.10. The summed E-state index contributed by atoms with van der Waals surface area (Å²) in [6.45, 7) is 3.81. The van der Waals surface area contributed by atoms with Crippen LogP contribution >= 0.6 is 0 Å². The molecule has 2 rings (SSSR count). The molecule has 0 aliphatic carbocycles. The SMILES string of the molecule is CCn1nc(C(=O)O)cc1C(=O)N1CCCC1. The lowest BCUT2D eigenvalue weighted by atomic mass is 10.3. The molecule has 0 radical (unpaired) electrons. The number of carbonyl (C=O) groups is 2. The maximum absolute atomic E-state index is 12.1. The van der Waals surface area contributed by atoms with Crippen LogP contribution in [0.1, 0.15) is 40.7 Å².